The minimum atomic E-state index is -3.24. The average molecular weight is 244 g/mol. The highest BCUT2D eigenvalue weighted by molar-refractivity contribution is 7.95. The molecule has 2 heterocycles. The molecule has 0 aliphatic carbocycles. The molecule has 2 nitrogen and oxygen atoms in total. The topological polar surface area (TPSA) is 34.1 Å². The number of sulfone groups is 1. The summed E-state index contributed by atoms with van der Waals surface area (Å²) >= 11 is 2.56. The summed E-state index contributed by atoms with van der Waals surface area (Å²) in [6.07, 6.45) is 0. The predicted octanol–water partition coefficient (Wildman–Crippen LogP) is 2.95. The van der Waals surface area contributed by atoms with Crippen molar-refractivity contribution >= 4 is 32.5 Å². The van der Waals surface area contributed by atoms with Crippen molar-refractivity contribution < 1.29 is 8.42 Å². The molecule has 74 valence electrons. The van der Waals surface area contributed by atoms with Gasteiger partial charge in [0.1, 0.15) is 8.42 Å². The molecule has 0 fully saturated rings. The Labute approximate surface area is 90.8 Å². The number of rotatable bonds is 2. The SMILES string of the molecule is Cc1ccc(S(=O)(=O)c2cccs2)s1. The lowest BCUT2D eigenvalue weighted by molar-refractivity contribution is 0.600. The fourth-order valence-electron chi connectivity index (χ4n) is 1.07. The smallest absolute Gasteiger partial charge is 0.217 e. The Morgan fingerprint density at radius 2 is 1.93 bits per heavy atom. The molecular weight excluding hydrogens is 236 g/mol. The highest BCUT2D eigenvalue weighted by Gasteiger charge is 2.19. The number of hydrogen-bond acceptors (Lipinski definition) is 4. The quantitative estimate of drug-likeness (QED) is 0.814. The van der Waals surface area contributed by atoms with Gasteiger partial charge in [-0.3, -0.25) is 0 Å². The van der Waals surface area contributed by atoms with Crippen LogP contribution in [0.15, 0.2) is 38.1 Å². The van der Waals surface area contributed by atoms with Crippen molar-refractivity contribution in [2.75, 3.05) is 0 Å². The first-order chi connectivity index (χ1) is 6.60. The first-order valence-electron chi connectivity index (χ1n) is 3.96. The molecule has 0 saturated heterocycles. The van der Waals surface area contributed by atoms with Gasteiger partial charge in [0.25, 0.3) is 0 Å². The van der Waals surface area contributed by atoms with Crippen molar-refractivity contribution in [3.8, 4) is 0 Å². The third kappa shape index (κ3) is 1.63. The third-order valence-corrected chi connectivity index (χ3v) is 6.38. The van der Waals surface area contributed by atoms with Crippen molar-refractivity contribution in [2.24, 2.45) is 0 Å². The Bertz CT molecular complexity index is 520. The van der Waals surface area contributed by atoms with E-state index in [-0.39, 0.29) is 0 Å². The van der Waals surface area contributed by atoms with Crippen LogP contribution in [0.1, 0.15) is 4.88 Å². The highest BCUT2D eigenvalue weighted by atomic mass is 32.3. The molecule has 0 atom stereocenters. The van der Waals surface area contributed by atoms with E-state index in [1.54, 1.807) is 23.6 Å². The highest BCUT2D eigenvalue weighted by Crippen LogP contribution is 2.29. The van der Waals surface area contributed by atoms with Gasteiger partial charge in [0, 0.05) is 4.88 Å². The number of hydrogen-bond donors (Lipinski definition) is 0. The molecular formula is C9H8O2S3. The van der Waals surface area contributed by atoms with Crippen LogP contribution in [0.3, 0.4) is 0 Å². The second-order valence-electron chi connectivity index (χ2n) is 2.80. The van der Waals surface area contributed by atoms with Crippen LogP contribution in [0, 0.1) is 6.92 Å². The summed E-state index contributed by atoms with van der Waals surface area (Å²) in [5.41, 5.74) is 0. The largest absolute Gasteiger partial charge is 0.225 e. The summed E-state index contributed by atoms with van der Waals surface area (Å²) in [5, 5.41) is 1.77. The Hall–Kier alpha value is -0.650. The molecule has 0 N–H and O–H groups in total. The van der Waals surface area contributed by atoms with Crippen LogP contribution < -0.4 is 0 Å². The summed E-state index contributed by atoms with van der Waals surface area (Å²) in [6.45, 7) is 1.90. The predicted molar refractivity (Wildman–Crippen MR) is 58.8 cm³/mol. The van der Waals surface area contributed by atoms with Crippen LogP contribution in [0.25, 0.3) is 0 Å². The Morgan fingerprint density at radius 1 is 1.14 bits per heavy atom. The van der Waals surface area contributed by atoms with E-state index < -0.39 is 9.84 Å². The molecule has 0 saturated carbocycles. The monoisotopic (exact) mass is 244 g/mol. The zero-order valence-electron chi connectivity index (χ0n) is 7.43. The van der Waals surface area contributed by atoms with Crippen LogP contribution in [-0.4, -0.2) is 8.42 Å². The van der Waals surface area contributed by atoms with E-state index in [2.05, 4.69) is 0 Å². The first-order valence-corrected chi connectivity index (χ1v) is 7.13. The van der Waals surface area contributed by atoms with Gasteiger partial charge in [-0.25, -0.2) is 8.42 Å². The van der Waals surface area contributed by atoms with Crippen LogP contribution in [0.2, 0.25) is 0 Å². The molecule has 0 bridgehead atoms. The molecule has 5 heteroatoms. The molecule has 0 radical (unpaired) electrons. The van der Waals surface area contributed by atoms with Crippen molar-refractivity contribution in [2.45, 2.75) is 15.3 Å². The summed E-state index contributed by atoms with van der Waals surface area (Å²) in [4.78, 5) is 1.01. The maximum atomic E-state index is 11.9. The zero-order valence-corrected chi connectivity index (χ0v) is 9.88. The Kier molecular flexibility index (Phi) is 2.47. The van der Waals surface area contributed by atoms with Crippen molar-refractivity contribution in [3.63, 3.8) is 0 Å². The molecule has 2 aromatic heterocycles. The van der Waals surface area contributed by atoms with Gasteiger partial charge in [-0.2, -0.15) is 0 Å². The zero-order chi connectivity index (χ0) is 10.2. The summed E-state index contributed by atoms with van der Waals surface area (Å²) in [6, 6.07) is 6.87. The van der Waals surface area contributed by atoms with Crippen LogP contribution >= 0.6 is 22.7 Å². The van der Waals surface area contributed by atoms with Gasteiger partial charge in [0.15, 0.2) is 0 Å². The molecule has 0 aromatic carbocycles. The van der Waals surface area contributed by atoms with E-state index in [1.165, 1.54) is 22.7 Å². The molecule has 0 aliphatic rings. The lowest BCUT2D eigenvalue weighted by atomic mass is 10.5. The lowest BCUT2D eigenvalue weighted by Gasteiger charge is -1.95. The van der Waals surface area contributed by atoms with Gasteiger partial charge in [-0.15, -0.1) is 22.7 Å². The molecule has 0 amide bonds. The maximum absolute atomic E-state index is 11.9. The van der Waals surface area contributed by atoms with E-state index in [9.17, 15) is 8.42 Å². The number of aryl methyl sites for hydroxylation is 1. The molecule has 14 heavy (non-hydrogen) atoms. The van der Waals surface area contributed by atoms with Gasteiger partial charge >= 0.3 is 0 Å². The van der Waals surface area contributed by atoms with Crippen LogP contribution in [0.4, 0.5) is 0 Å². The standard InChI is InChI=1S/C9H8O2S3/c1-7-4-5-9(13-7)14(10,11)8-3-2-6-12-8/h2-6H,1H3. The fourth-order valence-corrected chi connectivity index (χ4v) is 5.02. The van der Waals surface area contributed by atoms with E-state index in [0.29, 0.717) is 8.42 Å². The van der Waals surface area contributed by atoms with E-state index >= 15 is 0 Å². The van der Waals surface area contributed by atoms with Crippen molar-refractivity contribution in [3.05, 3.63) is 34.5 Å². The van der Waals surface area contributed by atoms with E-state index in [0.717, 1.165) is 4.88 Å². The molecule has 2 aromatic rings. The van der Waals surface area contributed by atoms with Gasteiger partial charge in [-0.1, -0.05) is 6.07 Å². The minimum Gasteiger partial charge on any atom is -0.217 e. The molecule has 0 unspecified atom stereocenters. The fraction of sp³-hybridized carbons (Fsp3) is 0.111. The van der Waals surface area contributed by atoms with Gasteiger partial charge < -0.3 is 0 Å². The molecule has 0 aliphatic heterocycles. The van der Waals surface area contributed by atoms with Crippen molar-refractivity contribution in [1.82, 2.24) is 0 Å². The van der Waals surface area contributed by atoms with E-state index in [4.69, 9.17) is 0 Å². The Balaban J connectivity index is 2.54. The molecule has 0 spiro atoms. The van der Waals surface area contributed by atoms with Gasteiger partial charge in [0.05, 0.1) is 0 Å². The molecule has 2 rings (SSSR count). The second-order valence-corrected chi connectivity index (χ2v) is 7.44. The maximum Gasteiger partial charge on any atom is 0.225 e. The van der Waals surface area contributed by atoms with Crippen molar-refractivity contribution in [1.29, 1.82) is 0 Å². The minimum absolute atomic E-state index is 0.416. The van der Waals surface area contributed by atoms with Gasteiger partial charge in [0.2, 0.25) is 9.84 Å². The first kappa shape index (κ1) is 9.89. The number of thiophene rings is 2. The lowest BCUT2D eigenvalue weighted by Crippen LogP contribution is -1.95. The summed E-state index contributed by atoms with van der Waals surface area (Å²) in [5.74, 6) is 0. The van der Waals surface area contributed by atoms with E-state index in [1.807, 2.05) is 13.0 Å². The third-order valence-electron chi connectivity index (χ3n) is 1.74. The van der Waals surface area contributed by atoms with Gasteiger partial charge in [-0.05, 0) is 30.5 Å². The average Bonchev–Trinajstić information content (AvgIpc) is 2.72. The Morgan fingerprint density at radius 3 is 2.43 bits per heavy atom. The normalized spacial score (nSPS) is 11.8. The summed E-state index contributed by atoms with van der Waals surface area (Å²) < 4.78 is 24.7. The van der Waals surface area contributed by atoms with Crippen LogP contribution in [0.5, 0.6) is 0 Å². The summed E-state index contributed by atoms with van der Waals surface area (Å²) in [7, 11) is -3.24. The second kappa shape index (κ2) is 3.49. The van der Waals surface area contributed by atoms with Crippen LogP contribution in [-0.2, 0) is 9.84 Å².